The Bertz CT molecular complexity index is 734. The summed E-state index contributed by atoms with van der Waals surface area (Å²) >= 11 is 0. The number of halogens is 3. The Morgan fingerprint density at radius 2 is 1.96 bits per heavy atom. The molecule has 10 heteroatoms. The van der Waals surface area contributed by atoms with E-state index in [1.807, 2.05) is 6.92 Å². The molecular weight excluding hydrogens is 383 g/mol. The zero-order valence-electron chi connectivity index (χ0n) is 15.1. The lowest BCUT2D eigenvalue weighted by Gasteiger charge is -2.14. The summed E-state index contributed by atoms with van der Waals surface area (Å²) < 4.78 is 64.1. The fraction of sp³-hybridized carbons (Fsp3) is 0.588. The largest absolute Gasteiger partial charge is 0.484 e. The fourth-order valence-corrected chi connectivity index (χ4v) is 4.50. The van der Waals surface area contributed by atoms with Gasteiger partial charge in [0.2, 0.25) is 0 Å². The lowest BCUT2D eigenvalue weighted by atomic mass is 10.1. The minimum atomic E-state index is -4.37. The zero-order chi connectivity index (χ0) is 19.9. The van der Waals surface area contributed by atoms with Gasteiger partial charge in [0, 0.05) is 13.1 Å². The van der Waals surface area contributed by atoms with Crippen molar-refractivity contribution in [2.24, 2.45) is 10.9 Å². The molecule has 152 valence electrons. The average molecular weight is 407 g/mol. The predicted molar refractivity (Wildman–Crippen MR) is 97.6 cm³/mol. The number of nitrogens with one attached hydrogen (secondary N) is 2. The highest BCUT2D eigenvalue weighted by atomic mass is 32.2. The van der Waals surface area contributed by atoms with Crippen molar-refractivity contribution < 1.29 is 26.3 Å². The summed E-state index contributed by atoms with van der Waals surface area (Å²) in [6, 6.07) is 6.26. The lowest BCUT2D eigenvalue weighted by molar-refractivity contribution is -0.153. The monoisotopic (exact) mass is 407 g/mol. The topological polar surface area (TPSA) is 79.8 Å². The standard InChI is InChI=1S/C17H24F3N3O3S/c1-2-21-16(23-10-14-7-8-27(24,25)11-14)22-9-13-3-5-15(6-4-13)26-12-17(18,19)20/h3-6,14H,2,7-12H2,1H3,(H2,21,22,23). The Labute approximate surface area is 157 Å². The smallest absolute Gasteiger partial charge is 0.422 e. The van der Waals surface area contributed by atoms with Crippen LogP contribution >= 0.6 is 0 Å². The van der Waals surface area contributed by atoms with E-state index in [0.29, 0.717) is 32.0 Å². The van der Waals surface area contributed by atoms with E-state index < -0.39 is 22.6 Å². The first-order valence-electron chi connectivity index (χ1n) is 8.68. The van der Waals surface area contributed by atoms with Crippen molar-refractivity contribution in [1.82, 2.24) is 10.6 Å². The number of ether oxygens (including phenoxy) is 1. The van der Waals surface area contributed by atoms with Crippen molar-refractivity contribution in [3.8, 4) is 5.75 Å². The summed E-state index contributed by atoms with van der Waals surface area (Å²) in [4.78, 5) is 4.42. The summed E-state index contributed by atoms with van der Waals surface area (Å²) in [6.45, 7) is 2.10. The minimum absolute atomic E-state index is 0.0731. The molecule has 1 aliphatic rings. The van der Waals surface area contributed by atoms with Gasteiger partial charge in [-0.05, 0) is 37.0 Å². The number of hydrogen-bond acceptors (Lipinski definition) is 4. The van der Waals surface area contributed by atoms with Crippen molar-refractivity contribution >= 4 is 15.8 Å². The van der Waals surface area contributed by atoms with Crippen molar-refractivity contribution in [2.75, 3.05) is 31.2 Å². The molecule has 2 N–H and O–H groups in total. The van der Waals surface area contributed by atoms with Crippen LogP contribution in [0.2, 0.25) is 0 Å². The van der Waals surface area contributed by atoms with Crippen LogP contribution < -0.4 is 15.4 Å². The molecule has 27 heavy (non-hydrogen) atoms. The SMILES string of the molecule is CCNC(=NCc1ccc(OCC(F)(F)F)cc1)NCC1CCS(=O)(=O)C1. The Morgan fingerprint density at radius 1 is 1.26 bits per heavy atom. The quantitative estimate of drug-likeness (QED) is 0.535. The first-order chi connectivity index (χ1) is 12.7. The highest BCUT2D eigenvalue weighted by Gasteiger charge is 2.28. The number of rotatable bonds is 7. The number of nitrogens with zero attached hydrogens (tertiary/aromatic N) is 1. The van der Waals surface area contributed by atoms with Gasteiger partial charge in [0.05, 0.1) is 18.1 Å². The Balaban J connectivity index is 1.86. The zero-order valence-corrected chi connectivity index (χ0v) is 15.9. The van der Waals surface area contributed by atoms with Gasteiger partial charge in [-0.15, -0.1) is 0 Å². The molecule has 0 saturated carbocycles. The normalized spacial score (nSPS) is 19.7. The molecule has 6 nitrogen and oxygen atoms in total. The number of guanidine groups is 1. The second-order valence-corrected chi connectivity index (χ2v) is 8.62. The van der Waals surface area contributed by atoms with E-state index in [2.05, 4.69) is 20.4 Å². The first-order valence-corrected chi connectivity index (χ1v) is 10.5. The molecule has 0 aromatic heterocycles. The molecule has 1 aromatic rings. The highest BCUT2D eigenvalue weighted by Crippen LogP contribution is 2.19. The van der Waals surface area contributed by atoms with Crippen LogP contribution in [0.4, 0.5) is 13.2 Å². The second-order valence-electron chi connectivity index (χ2n) is 6.39. The maximum absolute atomic E-state index is 12.1. The molecule has 0 spiro atoms. The molecule has 1 aliphatic heterocycles. The van der Waals surface area contributed by atoms with Crippen LogP contribution in [0.1, 0.15) is 18.9 Å². The van der Waals surface area contributed by atoms with Crippen molar-refractivity contribution in [1.29, 1.82) is 0 Å². The molecule has 1 unspecified atom stereocenters. The molecule has 1 fully saturated rings. The third kappa shape index (κ3) is 8.06. The lowest BCUT2D eigenvalue weighted by Crippen LogP contribution is -2.40. The van der Waals surface area contributed by atoms with Crippen LogP contribution in [0.25, 0.3) is 0 Å². The Hall–Kier alpha value is -1.97. The van der Waals surface area contributed by atoms with Crippen LogP contribution in [0, 0.1) is 5.92 Å². The third-order valence-corrected chi connectivity index (χ3v) is 5.81. The van der Waals surface area contributed by atoms with Crippen LogP contribution in [0.5, 0.6) is 5.75 Å². The van der Waals surface area contributed by atoms with Gasteiger partial charge < -0.3 is 15.4 Å². The van der Waals surface area contributed by atoms with Gasteiger partial charge in [0.25, 0.3) is 0 Å². The predicted octanol–water partition coefficient (Wildman–Crippen LogP) is 2.12. The molecular formula is C17H24F3N3O3S. The maximum Gasteiger partial charge on any atom is 0.422 e. The molecule has 1 heterocycles. The third-order valence-electron chi connectivity index (χ3n) is 3.97. The summed E-state index contributed by atoms with van der Waals surface area (Å²) in [5.41, 5.74) is 0.815. The highest BCUT2D eigenvalue weighted by molar-refractivity contribution is 7.91. The van der Waals surface area contributed by atoms with E-state index in [1.165, 1.54) is 12.1 Å². The van der Waals surface area contributed by atoms with E-state index in [0.717, 1.165) is 5.56 Å². The van der Waals surface area contributed by atoms with Crippen LogP contribution in [-0.4, -0.2) is 51.8 Å². The number of aliphatic imine (C=N–C) groups is 1. The summed E-state index contributed by atoms with van der Waals surface area (Å²) in [6.07, 6.45) is -3.72. The molecule has 2 rings (SSSR count). The summed E-state index contributed by atoms with van der Waals surface area (Å²) in [5, 5.41) is 6.23. The van der Waals surface area contributed by atoms with Crippen molar-refractivity contribution in [3.05, 3.63) is 29.8 Å². The summed E-state index contributed by atoms with van der Waals surface area (Å²) in [7, 11) is -2.91. The van der Waals surface area contributed by atoms with Crippen molar-refractivity contribution in [3.63, 3.8) is 0 Å². The fourth-order valence-electron chi connectivity index (χ4n) is 2.64. The molecule has 1 saturated heterocycles. The number of hydrogen-bond donors (Lipinski definition) is 2. The van der Waals surface area contributed by atoms with Crippen LogP contribution in [0.15, 0.2) is 29.3 Å². The van der Waals surface area contributed by atoms with Gasteiger partial charge in [0.1, 0.15) is 5.75 Å². The molecule has 1 aromatic carbocycles. The van der Waals surface area contributed by atoms with Gasteiger partial charge in [-0.1, -0.05) is 12.1 Å². The molecule has 0 amide bonds. The maximum atomic E-state index is 12.1. The van der Waals surface area contributed by atoms with E-state index in [4.69, 9.17) is 0 Å². The van der Waals surface area contributed by atoms with E-state index in [1.54, 1.807) is 12.1 Å². The Morgan fingerprint density at radius 3 is 2.52 bits per heavy atom. The van der Waals surface area contributed by atoms with E-state index in [-0.39, 0.29) is 23.2 Å². The van der Waals surface area contributed by atoms with E-state index >= 15 is 0 Å². The second kappa shape index (κ2) is 9.29. The van der Waals surface area contributed by atoms with Gasteiger partial charge in [0.15, 0.2) is 22.4 Å². The van der Waals surface area contributed by atoms with Crippen LogP contribution in [-0.2, 0) is 16.4 Å². The minimum Gasteiger partial charge on any atom is -0.484 e. The van der Waals surface area contributed by atoms with Crippen LogP contribution in [0.3, 0.4) is 0 Å². The number of sulfone groups is 1. The molecule has 0 aliphatic carbocycles. The van der Waals surface area contributed by atoms with E-state index in [9.17, 15) is 21.6 Å². The van der Waals surface area contributed by atoms with Gasteiger partial charge in [-0.2, -0.15) is 13.2 Å². The number of benzene rings is 1. The average Bonchev–Trinajstić information content (AvgIpc) is 2.95. The number of alkyl halides is 3. The van der Waals surface area contributed by atoms with Gasteiger partial charge >= 0.3 is 6.18 Å². The summed E-state index contributed by atoms with van der Waals surface area (Å²) in [5.74, 6) is 1.21. The first kappa shape index (κ1) is 21.3. The molecule has 1 atom stereocenters. The van der Waals surface area contributed by atoms with Gasteiger partial charge in [-0.25, -0.2) is 13.4 Å². The molecule has 0 bridgehead atoms. The Kier molecular flexibility index (Phi) is 7.34. The van der Waals surface area contributed by atoms with Crippen molar-refractivity contribution in [2.45, 2.75) is 26.1 Å². The van der Waals surface area contributed by atoms with Gasteiger partial charge in [-0.3, -0.25) is 0 Å². The molecule has 0 radical (unpaired) electrons.